The summed E-state index contributed by atoms with van der Waals surface area (Å²) in [5, 5.41) is 13.2. The van der Waals surface area contributed by atoms with Crippen LogP contribution in [0, 0.1) is 0 Å². The second-order valence-corrected chi connectivity index (χ2v) is 5.91. The maximum absolute atomic E-state index is 9.94. The van der Waals surface area contributed by atoms with Gasteiger partial charge in [-0.15, -0.1) is 0 Å². The van der Waals surface area contributed by atoms with Gasteiger partial charge in [-0.25, -0.2) is 9.97 Å². The first-order chi connectivity index (χ1) is 10.2. The fourth-order valence-electron chi connectivity index (χ4n) is 3.60. The molecule has 0 saturated carbocycles. The maximum Gasteiger partial charge on any atom is 0.158 e. The molecule has 3 rings (SSSR count). The highest BCUT2D eigenvalue weighted by Gasteiger charge is 2.41. The van der Waals surface area contributed by atoms with Crippen molar-refractivity contribution < 1.29 is 9.84 Å². The molecule has 1 aromatic heterocycles. The fraction of sp³-hybridized carbons (Fsp3) is 0.733. The second kappa shape index (κ2) is 6.15. The van der Waals surface area contributed by atoms with E-state index < -0.39 is 0 Å². The molecule has 2 fully saturated rings. The van der Waals surface area contributed by atoms with Gasteiger partial charge in [-0.3, -0.25) is 0 Å². The number of piperidine rings is 1. The summed E-state index contributed by atoms with van der Waals surface area (Å²) in [6.45, 7) is 3.30. The number of aliphatic hydroxyl groups is 1. The average molecular weight is 292 g/mol. The number of hydrogen-bond donors (Lipinski definition) is 2. The molecule has 2 N–H and O–H groups in total. The second-order valence-electron chi connectivity index (χ2n) is 5.91. The van der Waals surface area contributed by atoms with Gasteiger partial charge in [0.05, 0.1) is 6.10 Å². The Morgan fingerprint density at radius 1 is 1.33 bits per heavy atom. The number of nitrogens with one attached hydrogen (secondary N) is 1. The van der Waals surface area contributed by atoms with Gasteiger partial charge >= 0.3 is 0 Å². The van der Waals surface area contributed by atoms with E-state index in [-0.39, 0.29) is 6.10 Å². The summed E-state index contributed by atoms with van der Waals surface area (Å²) < 4.78 is 5.18. The van der Waals surface area contributed by atoms with Crippen LogP contribution in [0.3, 0.4) is 0 Å². The molecule has 116 valence electrons. The van der Waals surface area contributed by atoms with Crippen LogP contribution in [-0.2, 0) is 11.3 Å². The number of anilines is 2. The lowest BCUT2D eigenvalue weighted by Crippen LogP contribution is -2.45. The van der Waals surface area contributed by atoms with Crippen LogP contribution in [0.4, 0.5) is 11.6 Å². The van der Waals surface area contributed by atoms with Gasteiger partial charge in [0.25, 0.3) is 0 Å². The van der Waals surface area contributed by atoms with Gasteiger partial charge in [0.2, 0.25) is 0 Å². The summed E-state index contributed by atoms with van der Waals surface area (Å²) in [4.78, 5) is 11.5. The Hall–Kier alpha value is -1.40. The van der Waals surface area contributed by atoms with Crippen molar-refractivity contribution in [1.82, 2.24) is 9.97 Å². The molecule has 1 aromatic rings. The molecule has 6 nitrogen and oxygen atoms in total. The number of hydrogen-bond acceptors (Lipinski definition) is 6. The minimum absolute atomic E-state index is 0.160. The number of aliphatic hydroxyl groups excluding tert-OH is 1. The Labute approximate surface area is 125 Å². The van der Waals surface area contributed by atoms with Gasteiger partial charge in [0.1, 0.15) is 18.2 Å². The van der Waals surface area contributed by atoms with E-state index in [2.05, 4.69) is 27.1 Å². The Balaban J connectivity index is 1.90. The van der Waals surface area contributed by atoms with Crippen LogP contribution < -0.4 is 10.2 Å². The highest BCUT2D eigenvalue weighted by molar-refractivity contribution is 5.52. The molecular weight excluding hydrogens is 268 g/mol. The number of methoxy groups -OCH3 is 1. The van der Waals surface area contributed by atoms with Crippen LogP contribution in [-0.4, -0.2) is 46.9 Å². The summed E-state index contributed by atoms with van der Waals surface area (Å²) in [5.41, 5.74) is 0. The van der Waals surface area contributed by atoms with Crippen molar-refractivity contribution in [1.29, 1.82) is 0 Å². The molecule has 2 unspecified atom stereocenters. The number of rotatable bonds is 5. The predicted molar refractivity (Wildman–Crippen MR) is 81.4 cm³/mol. The van der Waals surface area contributed by atoms with Crippen LogP contribution in [0.25, 0.3) is 0 Å². The summed E-state index contributed by atoms with van der Waals surface area (Å²) in [6, 6.07) is 2.82. The van der Waals surface area contributed by atoms with E-state index >= 15 is 0 Å². The van der Waals surface area contributed by atoms with Gasteiger partial charge in [0, 0.05) is 31.8 Å². The van der Waals surface area contributed by atoms with Gasteiger partial charge in [-0.2, -0.15) is 0 Å². The predicted octanol–water partition coefficient (Wildman–Crippen LogP) is 1.55. The highest BCUT2D eigenvalue weighted by Crippen LogP contribution is 2.39. The molecule has 0 spiro atoms. The van der Waals surface area contributed by atoms with E-state index in [9.17, 15) is 5.11 Å². The Bertz CT molecular complexity index is 458. The van der Waals surface area contributed by atoms with E-state index in [1.54, 1.807) is 7.11 Å². The minimum Gasteiger partial charge on any atom is -0.393 e. The molecule has 0 amide bonds. The van der Waals surface area contributed by atoms with Crippen molar-refractivity contribution in [3.8, 4) is 0 Å². The quantitative estimate of drug-likeness (QED) is 0.858. The maximum atomic E-state index is 9.94. The lowest BCUT2D eigenvalue weighted by Gasteiger charge is -2.38. The van der Waals surface area contributed by atoms with Gasteiger partial charge in [-0.05, 0) is 32.6 Å². The summed E-state index contributed by atoms with van der Waals surface area (Å²) in [6.07, 6.45) is 3.81. The topological polar surface area (TPSA) is 70.5 Å². The molecule has 0 aliphatic carbocycles. The van der Waals surface area contributed by atoms with Crippen LogP contribution in [0.15, 0.2) is 6.07 Å². The lowest BCUT2D eigenvalue weighted by molar-refractivity contribution is 0.126. The van der Waals surface area contributed by atoms with E-state index in [0.29, 0.717) is 24.5 Å². The molecule has 2 aliphatic heterocycles. The SMILES string of the molecule is CCNc1cc(N2C3CCC2CC(O)C3)nc(COC)n1. The monoisotopic (exact) mass is 292 g/mol. The zero-order valence-corrected chi connectivity index (χ0v) is 12.7. The molecule has 2 bridgehead atoms. The third-order valence-corrected chi connectivity index (χ3v) is 4.36. The number of aromatic nitrogens is 2. The average Bonchev–Trinajstić information content (AvgIpc) is 2.71. The molecule has 3 heterocycles. The smallest absolute Gasteiger partial charge is 0.158 e. The van der Waals surface area contributed by atoms with Crippen LogP contribution in [0.5, 0.6) is 0 Å². The molecule has 2 saturated heterocycles. The molecule has 0 radical (unpaired) electrons. The van der Waals surface area contributed by atoms with Crippen LogP contribution in [0.1, 0.15) is 38.4 Å². The van der Waals surface area contributed by atoms with E-state index in [0.717, 1.165) is 43.9 Å². The number of fused-ring (bicyclic) bond motifs is 2. The zero-order chi connectivity index (χ0) is 14.8. The standard InChI is InChI=1S/C15H24N4O2/c1-3-16-13-8-15(18-14(17-13)9-21-2)19-10-4-5-11(19)7-12(20)6-10/h8,10-12,20H,3-7,9H2,1-2H3,(H,16,17,18). The molecule has 2 atom stereocenters. The normalized spacial score (nSPS) is 28.0. The van der Waals surface area contributed by atoms with Gasteiger partial charge < -0.3 is 20.1 Å². The molecule has 21 heavy (non-hydrogen) atoms. The summed E-state index contributed by atoms with van der Waals surface area (Å²) in [7, 11) is 1.66. The summed E-state index contributed by atoms with van der Waals surface area (Å²) >= 11 is 0. The van der Waals surface area contributed by atoms with Crippen molar-refractivity contribution >= 4 is 11.6 Å². The number of nitrogens with zero attached hydrogens (tertiary/aromatic N) is 3. The zero-order valence-electron chi connectivity index (χ0n) is 12.7. The Morgan fingerprint density at radius 3 is 2.67 bits per heavy atom. The largest absolute Gasteiger partial charge is 0.393 e. The van der Waals surface area contributed by atoms with E-state index in [1.165, 1.54) is 0 Å². The molecule has 6 heteroatoms. The third-order valence-electron chi connectivity index (χ3n) is 4.36. The summed E-state index contributed by atoms with van der Waals surface area (Å²) in [5.74, 6) is 2.52. The van der Waals surface area contributed by atoms with Gasteiger partial charge in [-0.1, -0.05) is 0 Å². The highest BCUT2D eigenvalue weighted by atomic mass is 16.5. The Morgan fingerprint density at radius 2 is 2.05 bits per heavy atom. The van der Waals surface area contributed by atoms with E-state index in [1.807, 2.05) is 6.07 Å². The Kier molecular flexibility index (Phi) is 4.26. The van der Waals surface area contributed by atoms with E-state index in [4.69, 9.17) is 4.74 Å². The lowest BCUT2D eigenvalue weighted by atomic mass is 10.00. The first-order valence-electron chi connectivity index (χ1n) is 7.78. The molecule has 0 aromatic carbocycles. The number of ether oxygens (including phenoxy) is 1. The van der Waals surface area contributed by atoms with Gasteiger partial charge in [0.15, 0.2) is 5.82 Å². The minimum atomic E-state index is -0.160. The third kappa shape index (κ3) is 2.96. The van der Waals surface area contributed by atoms with Crippen molar-refractivity contribution in [3.63, 3.8) is 0 Å². The van der Waals surface area contributed by atoms with Crippen molar-refractivity contribution in [2.45, 2.75) is 57.4 Å². The fourth-order valence-corrected chi connectivity index (χ4v) is 3.60. The molecular formula is C15H24N4O2. The van der Waals surface area contributed by atoms with Crippen LogP contribution in [0.2, 0.25) is 0 Å². The van der Waals surface area contributed by atoms with Crippen molar-refractivity contribution in [3.05, 3.63) is 11.9 Å². The van der Waals surface area contributed by atoms with Crippen LogP contribution >= 0.6 is 0 Å². The van der Waals surface area contributed by atoms with Crippen molar-refractivity contribution in [2.75, 3.05) is 23.9 Å². The first-order valence-corrected chi connectivity index (χ1v) is 7.78. The van der Waals surface area contributed by atoms with Crippen molar-refractivity contribution in [2.24, 2.45) is 0 Å². The first kappa shape index (κ1) is 14.5. The molecule has 2 aliphatic rings.